The number of ether oxygens (including phenoxy) is 1. The SMILES string of the molecule is C[C@@]1(O)CC[C@]23CO[C@H](C[C@@H]4C2CC[C@]2(C)[C@@H](C(=O)Cn5cc6ccncc6n5)CC[C@@H]42)C3C1. The maximum atomic E-state index is 13.6. The Morgan fingerprint density at radius 1 is 1.18 bits per heavy atom. The number of rotatable bonds is 3. The number of aliphatic hydroxyl groups is 1. The van der Waals surface area contributed by atoms with Gasteiger partial charge in [-0.1, -0.05) is 6.92 Å². The van der Waals surface area contributed by atoms with Gasteiger partial charge < -0.3 is 9.84 Å². The molecule has 5 aliphatic rings. The van der Waals surface area contributed by atoms with E-state index in [1.807, 2.05) is 23.9 Å². The number of Topliss-reactive ketones (excluding diaryl/α,β-unsaturated/α-hetero) is 1. The molecule has 2 aromatic rings. The number of nitrogens with zero attached hydrogens (tertiary/aromatic N) is 3. The van der Waals surface area contributed by atoms with Gasteiger partial charge in [0.15, 0.2) is 5.78 Å². The summed E-state index contributed by atoms with van der Waals surface area (Å²) in [6.07, 6.45) is 14.4. The molecule has 4 saturated carbocycles. The van der Waals surface area contributed by atoms with Gasteiger partial charge in [-0.25, -0.2) is 0 Å². The van der Waals surface area contributed by atoms with Crippen LogP contribution < -0.4 is 0 Å². The third-order valence-corrected chi connectivity index (χ3v) is 11.3. The molecule has 1 N–H and O–H groups in total. The molecule has 0 radical (unpaired) electrons. The first-order valence-corrected chi connectivity index (χ1v) is 13.4. The second kappa shape index (κ2) is 7.13. The quantitative estimate of drug-likeness (QED) is 0.730. The van der Waals surface area contributed by atoms with Crippen LogP contribution in [0, 0.1) is 40.4 Å². The zero-order valence-corrected chi connectivity index (χ0v) is 20.4. The predicted octanol–water partition coefficient (Wildman–Crippen LogP) is 4.40. The molecule has 6 heteroatoms. The van der Waals surface area contributed by atoms with Gasteiger partial charge in [-0.05, 0) is 93.4 Å². The average molecular weight is 464 g/mol. The van der Waals surface area contributed by atoms with Crippen LogP contribution in [0.5, 0.6) is 0 Å². The van der Waals surface area contributed by atoms with Crippen LogP contribution in [0.15, 0.2) is 24.7 Å². The molecule has 0 aromatic carbocycles. The minimum atomic E-state index is -0.533. The molecule has 5 fully saturated rings. The summed E-state index contributed by atoms with van der Waals surface area (Å²) < 4.78 is 8.29. The van der Waals surface area contributed by atoms with Crippen LogP contribution in [-0.2, 0) is 16.1 Å². The van der Waals surface area contributed by atoms with Crippen molar-refractivity contribution in [3.8, 4) is 0 Å². The molecular weight excluding hydrogens is 426 g/mol. The zero-order chi connectivity index (χ0) is 23.3. The van der Waals surface area contributed by atoms with Gasteiger partial charge in [0.1, 0.15) is 5.52 Å². The van der Waals surface area contributed by atoms with Crippen LogP contribution in [0.2, 0.25) is 0 Å². The molecule has 9 atom stereocenters. The Hall–Kier alpha value is -1.79. The fourth-order valence-corrected chi connectivity index (χ4v) is 9.72. The number of hydrogen-bond donors (Lipinski definition) is 1. The number of carbonyl (C=O) groups is 1. The monoisotopic (exact) mass is 463 g/mol. The summed E-state index contributed by atoms with van der Waals surface area (Å²) in [6.45, 7) is 5.70. The minimum Gasteiger partial charge on any atom is -0.390 e. The number of pyridine rings is 1. The lowest BCUT2D eigenvalue weighted by atomic mass is 9.44. The van der Waals surface area contributed by atoms with Crippen LogP contribution in [0.25, 0.3) is 10.9 Å². The molecule has 6 nitrogen and oxygen atoms in total. The summed E-state index contributed by atoms with van der Waals surface area (Å²) in [5.74, 6) is 2.98. The number of hydrogen-bond acceptors (Lipinski definition) is 5. The average Bonchev–Trinajstić information content (AvgIpc) is 3.44. The standard InChI is InChI=1S/C28H37N3O3/c1-26(33)8-9-28-16-34-25(22(28)12-26)11-18-19-3-4-21(27(19,2)7-5-20(18)28)24(32)15-31-14-17-6-10-29-13-23(17)30-31/h6,10,13-14,18-22,25,33H,3-5,7-9,11-12,15-16H2,1-2H3/t18-,19-,20?,21+,22?,25+,26+,27-,28-/m0/s1. The summed E-state index contributed by atoms with van der Waals surface area (Å²) >= 11 is 0. The lowest BCUT2D eigenvalue weighted by Gasteiger charge is -2.60. The third kappa shape index (κ3) is 2.90. The van der Waals surface area contributed by atoms with E-state index < -0.39 is 5.60 Å². The van der Waals surface area contributed by atoms with E-state index in [2.05, 4.69) is 17.0 Å². The van der Waals surface area contributed by atoms with Crippen LogP contribution in [-0.4, -0.2) is 44.0 Å². The summed E-state index contributed by atoms with van der Waals surface area (Å²) in [6, 6.07) is 1.95. The van der Waals surface area contributed by atoms with Crippen molar-refractivity contribution >= 4 is 16.7 Å². The second-order valence-electron chi connectivity index (χ2n) is 12.9. The molecule has 2 bridgehead atoms. The molecule has 7 rings (SSSR count). The molecule has 2 aromatic heterocycles. The van der Waals surface area contributed by atoms with E-state index in [0.29, 0.717) is 42.1 Å². The Morgan fingerprint density at radius 2 is 2.06 bits per heavy atom. The molecule has 2 unspecified atom stereocenters. The van der Waals surface area contributed by atoms with E-state index in [1.54, 1.807) is 12.4 Å². The summed E-state index contributed by atoms with van der Waals surface area (Å²) in [5.41, 5.74) is 0.677. The molecule has 1 saturated heterocycles. The highest BCUT2D eigenvalue weighted by molar-refractivity contribution is 5.83. The van der Waals surface area contributed by atoms with E-state index in [9.17, 15) is 9.90 Å². The van der Waals surface area contributed by atoms with Crippen LogP contribution in [0.3, 0.4) is 0 Å². The van der Waals surface area contributed by atoms with Crippen molar-refractivity contribution in [2.75, 3.05) is 6.61 Å². The molecule has 34 heavy (non-hydrogen) atoms. The molecular formula is C28H37N3O3. The number of aromatic nitrogens is 3. The fraction of sp³-hybridized carbons (Fsp3) is 0.750. The summed E-state index contributed by atoms with van der Waals surface area (Å²) in [5, 5.41) is 16.5. The lowest BCUT2D eigenvalue weighted by molar-refractivity contribution is -0.145. The van der Waals surface area contributed by atoms with Gasteiger partial charge in [0, 0.05) is 29.1 Å². The van der Waals surface area contributed by atoms with Gasteiger partial charge in [0.05, 0.1) is 31.1 Å². The van der Waals surface area contributed by atoms with Gasteiger partial charge in [-0.2, -0.15) is 5.10 Å². The molecule has 0 spiro atoms. The summed E-state index contributed by atoms with van der Waals surface area (Å²) in [7, 11) is 0. The van der Waals surface area contributed by atoms with Gasteiger partial charge in [0.25, 0.3) is 0 Å². The Kier molecular flexibility index (Phi) is 4.51. The number of fused-ring (bicyclic) bond motifs is 4. The Bertz CT molecular complexity index is 1110. The van der Waals surface area contributed by atoms with E-state index in [-0.39, 0.29) is 16.7 Å². The highest BCUT2D eigenvalue weighted by Crippen LogP contribution is 2.70. The van der Waals surface area contributed by atoms with Crippen molar-refractivity contribution in [2.45, 2.75) is 83.5 Å². The summed E-state index contributed by atoms with van der Waals surface area (Å²) in [4.78, 5) is 17.8. The van der Waals surface area contributed by atoms with Crippen molar-refractivity contribution < 1.29 is 14.6 Å². The van der Waals surface area contributed by atoms with Crippen molar-refractivity contribution in [2.24, 2.45) is 40.4 Å². The van der Waals surface area contributed by atoms with Gasteiger partial charge >= 0.3 is 0 Å². The zero-order valence-electron chi connectivity index (χ0n) is 20.4. The normalized spacial score (nSPS) is 47.3. The molecule has 0 amide bonds. The topological polar surface area (TPSA) is 77.2 Å². The first kappa shape index (κ1) is 21.5. The number of carbonyl (C=O) groups excluding carboxylic acids is 1. The van der Waals surface area contributed by atoms with Crippen molar-refractivity contribution in [1.29, 1.82) is 0 Å². The smallest absolute Gasteiger partial charge is 0.157 e. The highest BCUT2D eigenvalue weighted by atomic mass is 16.5. The van der Waals surface area contributed by atoms with Crippen molar-refractivity contribution in [1.82, 2.24) is 14.8 Å². The lowest BCUT2D eigenvalue weighted by Crippen LogP contribution is -2.58. The Balaban J connectivity index is 1.13. The largest absolute Gasteiger partial charge is 0.390 e. The first-order chi connectivity index (χ1) is 16.3. The molecule has 182 valence electrons. The van der Waals surface area contributed by atoms with Crippen molar-refractivity contribution in [3.63, 3.8) is 0 Å². The Labute approximate surface area is 201 Å². The molecule has 3 heterocycles. The maximum absolute atomic E-state index is 13.6. The van der Waals surface area contributed by atoms with Gasteiger partial charge in [-0.15, -0.1) is 0 Å². The van der Waals surface area contributed by atoms with Crippen molar-refractivity contribution in [3.05, 3.63) is 24.7 Å². The second-order valence-corrected chi connectivity index (χ2v) is 12.9. The minimum absolute atomic E-state index is 0.0927. The first-order valence-electron chi connectivity index (χ1n) is 13.4. The van der Waals surface area contributed by atoms with Crippen LogP contribution >= 0.6 is 0 Å². The van der Waals surface area contributed by atoms with E-state index in [1.165, 1.54) is 12.8 Å². The van der Waals surface area contributed by atoms with Crippen LogP contribution in [0.4, 0.5) is 0 Å². The van der Waals surface area contributed by atoms with Crippen LogP contribution in [0.1, 0.15) is 65.2 Å². The third-order valence-electron chi connectivity index (χ3n) is 11.3. The fourth-order valence-electron chi connectivity index (χ4n) is 9.72. The number of ketones is 1. The van der Waals surface area contributed by atoms with E-state index in [0.717, 1.165) is 56.0 Å². The van der Waals surface area contributed by atoms with E-state index >= 15 is 0 Å². The van der Waals surface area contributed by atoms with Gasteiger partial charge in [-0.3, -0.25) is 14.5 Å². The van der Waals surface area contributed by atoms with Gasteiger partial charge in [0.2, 0.25) is 0 Å². The molecule has 4 aliphatic carbocycles. The maximum Gasteiger partial charge on any atom is 0.157 e. The molecule has 1 aliphatic heterocycles. The van der Waals surface area contributed by atoms with E-state index in [4.69, 9.17) is 4.74 Å². The Morgan fingerprint density at radius 3 is 2.91 bits per heavy atom. The highest BCUT2D eigenvalue weighted by Gasteiger charge is 2.67. The predicted molar refractivity (Wildman–Crippen MR) is 128 cm³/mol.